The van der Waals surface area contributed by atoms with Crippen molar-refractivity contribution in [3.63, 3.8) is 0 Å². The van der Waals surface area contributed by atoms with Crippen molar-refractivity contribution in [3.05, 3.63) is 59.7 Å². The quantitative estimate of drug-likeness (QED) is 0.752. The van der Waals surface area contributed by atoms with E-state index in [1.165, 1.54) is 18.2 Å². The first-order chi connectivity index (χ1) is 12.9. The Morgan fingerprint density at radius 2 is 1.59 bits per heavy atom. The average molecular weight is 377 g/mol. The first kappa shape index (κ1) is 18.9. The van der Waals surface area contributed by atoms with Gasteiger partial charge >= 0.3 is 12.1 Å². The summed E-state index contributed by atoms with van der Waals surface area (Å²) in [5.74, 6) is -0.925. The zero-order valence-corrected chi connectivity index (χ0v) is 14.5. The summed E-state index contributed by atoms with van der Waals surface area (Å²) >= 11 is 0. The summed E-state index contributed by atoms with van der Waals surface area (Å²) in [6.07, 6.45) is -2.54. The predicted molar refractivity (Wildman–Crippen MR) is 93.0 cm³/mol. The molecule has 1 amide bonds. The molecule has 0 bridgehead atoms. The van der Waals surface area contributed by atoms with E-state index in [2.05, 4.69) is 0 Å². The normalized spacial score (nSPS) is 14.3. The van der Waals surface area contributed by atoms with Crippen molar-refractivity contribution in [2.24, 2.45) is 0 Å². The highest BCUT2D eigenvalue weighted by atomic mass is 19.4. The minimum absolute atomic E-state index is 0.200. The zero-order valence-electron chi connectivity index (χ0n) is 14.5. The fraction of sp³-hybridized carbons (Fsp3) is 0.300. The third-order valence-corrected chi connectivity index (χ3v) is 4.46. The number of carbonyl (C=O) groups excluding carboxylic acids is 2. The first-order valence-corrected chi connectivity index (χ1v) is 8.58. The number of nitrogens with zero attached hydrogens (tertiary/aromatic N) is 1. The van der Waals surface area contributed by atoms with E-state index in [0.29, 0.717) is 24.2 Å². The van der Waals surface area contributed by atoms with Gasteiger partial charge in [0.05, 0.1) is 11.1 Å². The van der Waals surface area contributed by atoms with Crippen LogP contribution in [0.25, 0.3) is 11.1 Å². The summed E-state index contributed by atoms with van der Waals surface area (Å²) < 4.78 is 43.3. The second-order valence-corrected chi connectivity index (χ2v) is 6.28. The molecule has 0 N–H and O–H groups in total. The van der Waals surface area contributed by atoms with Crippen molar-refractivity contribution in [3.8, 4) is 11.1 Å². The van der Waals surface area contributed by atoms with Crippen LogP contribution in [0.3, 0.4) is 0 Å². The zero-order chi connectivity index (χ0) is 19.4. The maximum Gasteiger partial charge on any atom is 0.416 e. The number of ether oxygens (including phenoxy) is 1. The van der Waals surface area contributed by atoms with E-state index in [1.54, 1.807) is 23.1 Å². The SMILES string of the molecule is O=C(OCC(=O)N1CCCC1)c1ccccc1-c1ccc(C(F)(F)F)cc1. The minimum Gasteiger partial charge on any atom is -0.452 e. The number of esters is 1. The number of rotatable bonds is 4. The summed E-state index contributed by atoms with van der Waals surface area (Å²) in [5, 5.41) is 0. The smallest absolute Gasteiger partial charge is 0.416 e. The third kappa shape index (κ3) is 4.48. The van der Waals surface area contributed by atoms with Crippen LogP contribution in [-0.2, 0) is 15.7 Å². The molecular formula is C20H18F3NO3. The molecule has 27 heavy (non-hydrogen) atoms. The molecule has 0 spiro atoms. The monoisotopic (exact) mass is 377 g/mol. The molecule has 142 valence electrons. The van der Waals surface area contributed by atoms with Crippen molar-refractivity contribution >= 4 is 11.9 Å². The molecule has 2 aromatic carbocycles. The van der Waals surface area contributed by atoms with Crippen LogP contribution >= 0.6 is 0 Å². The van der Waals surface area contributed by atoms with Crippen LogP contribution in [-0.4, -0.2) is 36.5 Å². The highest BCUT2D eigenvalue weighted by Crippen LogP contribution is 2.32. The Morgan fingerprint density at radius 3 is 2.22 bits per heavy atom. The third-order valence-electron chi connectivity index (χ3n) is 4.46. The van der Waals surface area contributed by atoms with Crippen LogP contribution in [0.2, 0.25) is 0 Å². The molecule has 0 atom stereocenters. The molecule has 1 saturated heterocycles. The summed E-state index contributed by atoms with van der Waals surface area (Å²) in [4.78, 5) is 26.1. The number of benzene rings is 2. The molecule has 0 saturated carbocycles. The van der Waals surface area contributed by atoms with Crippen molar-refractivity contribution in [1.82, 2.24) is 4.90 Å². The first-order valence-electron chi connectivity index (χ1n) is 8.58. The lowest BCUT2D eigenvalue weighted by Crippen LogP contribution is -2.32. The standard InChI is InChI=1S/C20H18F3NO3/c21-20(22,23)15-9-7-14(8-10-15)16-5-1-2-6-17(16)19(26)27-13-18(25)24-11-3-4-12-24/h1-2,5-10H,3-4,11-13H2. The molecule has 7 heteroatoms. The van der Waals surface area contributed by atoms with Crippen LogP contribution < -0.4 is 0 Å². The second kappa shape index (κ2) is 7.82. The van der Waals surface area contributed by atoms with Gasteiger partial charge in [0.1, 0.15) is 0 Å². The van der Waals surface area contributed by atoms with E-state index in [0.717, 1.165) is 25.0 Å². The molecule has 1 fully saturated rings. The fourth-order valence-corrected chi connectivity index (χ4v) is 3.01. The lowest BCUT2D eigenvalue weighted by atomic mass is 9.98. The van der Waals surface area contributed by atoms with Gasteiger partial charge in [0.15, 0.2) is 6.61 Å². The van der Waals surface area contributed by atoms with Crippen LogP contribution in [0.4, 0.5) is 13.2 Å². The Hall–Kier alpha value is -2.83. The number of halogens is 3. The highest BCUT2D eigenvalue weighted by Gasteiger charge is 2.30. The maximum absolute atomic E-state index is 12.7. The van der Waals surface area contributed by atoms with Gasteiger partial charge < -0.3 is 9.64 Å². The van der Waals surface area contributed by atoms with Gasteiger partial charge in [-0.3, -0.25) is 4.79 Å². The van der Waals surface area contributed by atoms with Gasteiger partial charge in [-0.05, 0) is 42.2 Å². The maximum atomic E-state index is 12.7. The molecule has 1 aliphatic rings. The Bertz CT molecular complexity index is 825. The van der Waals surface area contributed by atoms with Gasteiger partial charge in [0.2, 0.25) is 0 Å². The van der Waals surface area contributed by atoms with Gasteiger partial charge in [0.25, 0.3) is 5.91 Å². The molecule has 2 aromatic rings. The molecular weight excluding hydrogens is 359 g/mol. The number of amides is 1. The Kier molecular flexibility index (Phi) is 5.48. The lowest BCUT2D eigenvalue weighted by molar-refractivity contribution is -0.137. The molecule has 1 heterocycles. The topological polar surface area (TPSA) is 46.6 Å². The summed E-state index contributed by atoms with van der Waals surface area (Å²) in [5.41, 5.74) is 0.347. The van der Waals surface area contributed by atoms with Crippen molar-refractivity contribution < 1.29 is 27.5 Å². The molecule has 0 aromatic heterocycles. The number of hydrogen-bond donors (Lipinski definition) is 0. The molecule has 4 nitrogen and oxygen atoms in total. The molecule has 0 radical (unpaired) electrons. The molecule has 0 aliphatic carbocycles. The Balaban J connectivity index is 1.75. The Morgan fingerprint density at radius 1 is 0.963 bits per heavy atom. The van der Waals surface area contributed by atoms with Crippen molar-refractivity contribution in [2.45, 2.75) is 19.0 Å². The molecule has 3 rings (SSSR count). The average Bonchev–Trinajstić information content (AvgIpc) is 3.20. The van der Waals surface area contributed by atoms with Gasteiger partial charge in [-0.1, -0.05) is 30.3 Å². The van der Waals surface area contributed by atoms with E-state index in [9.17, 15) is 22.8 Å². The molecule has 0 unspecified atom stereocenters. The van der Waals surface area contributed by atoms with Crippen molar-refractivity contribution in [1.29, 1.82) is 0 Å². The van der Waals surface area contributed by atoms with E-state index < -0.39 is 17.7 Å². The van der Waals surface area contributed by atoms with Gasteiger partial charge in [-0.15, -0.1) is 0 Å². The van der Waals surface area contributed by atoms with Crippen molar-refractivity contribution in [2.75, 3.05) is 19.7 Å². The summed E-state index contributed by atoms with van der Waals surface area (Å²) in [6.45, 7) is 0.983. The predicted octanol–water partition coefficient (Wildman–Crippen LogP) is 4.15. The summed E-state index contributed by atoms with van der Waals surface area (Å²) in [7, 11) is 0. The van der Waals surface area contributed by atoms with Crippen LogP contribution in [0.1, 0.15) is 28.8 Å². The largest absolute Gasteiger partial charge is 0.452 e. The summed E-state index contributed by atoms with van der Waals surface area (Å²) in [6, 6.07) is 11.0. The fourth-order valence-electron chi connectivity index (χ4n) is 3.01. The van der Waals surface area contributed by atoms with E-state index in [-0.39, 0.29) is 18.1 Å². The number of carbonyl (C=O) groups is 2. The number of likely N-dealkylation sites (tertiary alicyclic amines) is 1. The van der Waals surface area contributed by atoms with Gasteiger partial charge in [0, 0.05) is 13.1 Å². The van der Waals surface area contributed by atoms with E-state index in [1.807, 2.05) is 0 Å². The Labute approximate surface area is 154 Å². The second-order valence-electron chi connectivity index (χ2n) is 6.28. The van der Waals surface area contributed by atoms with Crippen LogP contribution in [0.5, 0.6) is 0 Å². The van der Waals surface area contributed by atoms with Gasteiger partial charge in [-0.2, -0.15) is 13.2 Å². The molecule has 1 aliphatic heterocycles. The minimum atomic E-state index is -4.42. The van der Waals surface area contributed by atoms with Gasteiger partial charge in [-0.25, -0.2) is 4.79 Å². The van der Waals surface area contributed by atoms with Crippen LogP contribution in [0.15, 0.2) is 48.5 Å². The van der Waals surface area contributed by atoms with E-state index in [4.69, 9.17) is 4.74 Å². The van der Waals surface area contributed by atoms with Crippen LogP contribution in [0, 0.1) is 0 Å². The van der Waals surface area contributed by atoms with E-state index >= 15 is 0 Å². The number of hydrogen-bond acceptors (Lipinski definition) is 3. The number of alkyl halides is 3. The highest BCUT2D eigenvalue weighted by molar-refractivity contribution is 5.98. The lowest BCUT2D eigenvalue weighted by Gasteiger charge is -2.15.